The number of likely N-dealkylation sites (tertiary alicyclic amines) is 1. The number of hydrogen-bond donors (Lipinski definition) is 1. The number of rotatable bonds is 6. The first-order chi connectivity index (χ1) is 17.5. The summed E-state index contributed by atoms with van der Waals surface area (Å²) in [5.41, 5.74) is 3.19. The van der Waals surface area contributed by atoms with Gasteiger partial charge in [0.2, 0.25) is 5.91 Å². The summed E-state index contributed by atoms with van der Waals surface area (Å²) in [6, 6.07) is 20.7. The van der Waals surface area contributed by atoms with Crippen molar-refractivity contribution < 1.29 is 14.0 Å². The topological polar surface area (TPSA) is 49.4 Å². The largest absolute Gasteiger partial charge is 0.340 e. The molecule has 1 N–H and O–H groups in total. The van der Waals surface area contributed by atoms with Gasteiger partial charge in [-0.15, -0.1) is 0 Å². The van der Waals surface area contributed by atoms with E-state index in [1.54, 1.807) is 30.3 Å². The predicted molar refractivity (Wildman–Crippen MR) is 147 cm³/mol. The van der Waals surface area contributed by atoms with Crippen molar-refractivity contribution in [1.29, 1.82) is 0 Å². The zero-order chi connectivity index (χ0) is 26.7. The third-order valence-corrected chi connectivity index (χ3v) is 7.59. The van der Waals surface area contributed by atoms with E-state index in [-0.39, 0.29) is 29.0 Å². The van der Waals surface area contributed by atoms with Gasteiger partial charge in [-0.05, 0) is 76.8 Å². The number of carbonyl (C=O) groups is 2. The van der Waals surface area contributed by atoms with Crippen molar-refractivity contribution >= 4 is 23.4 Å². The van der Waals surface area contributed by atoms with E-state index in [0.29, 0.717) is 29.6 Å². The first kappa shape index (κ1) is 26.9. The summed E-state index contributed by atoms with van der Waals surface area (Å²) in [5.74, 6) is -0.424. The first-order valence-corrected chi connectivity index (χ1v) is 13.1. The molecule has 0 radical (unpaired) electrons. The minimum atomic E-state index is -0.634. The zero-order valence-corrected chi connectivity index (χ0v) is 22.6. The zero-order valence-electron chi connectivity index (χ0n) is 21.8. The Bertz CT molecular complexity index is 1250. The van der Waals surface area contributed by atoms with E-state index in [1.807, 2.05) is 36.9 Å². The Balaban J connectivity index is 1.47. The molecule has 0 aromatic heterocycles. The van der Waals surface area contributed by atoms with Crippen molar-refractivity contribution in [2.75, 3.05) is 13.1 Å². The average Bonchev–Trinajstić information content (AvgIpc) is 2.87. The van der Waals surface area contributed by atoms with Crippen LogP contribution in [0.25, 0.3) is 11.1 Å². The van der Waals surface area contributed by atoms with Crippen LogP contribution in [-0.2, 0) is 4.79 Å². The molecule has 0 unspecified atom stereocenters. The lowest BCUT2D eigenvalue weighted by Gasteiger charge is -2.45. The summed E-state index contributed by atoms with van der Waals surface area (Å²) in [5, 5.41) is 3.70. The quantitative estimate of drug-likeness (QED) is 0.382. The Kier molecular flexibility index (Phi) is 8.03. The van der Waals surface area contributed by atoms with Gasteiger partial charge < -0.3 is 10.2 Å². The van der Waals surface area contributed by atoms with E-state index < -0.39 is 6.04 Å². The van der Waals surface area contributed by atoms with E-state index >= 15 is 0 Å². The molecule has 1 fully saturated rings. The minimum Gasteiger partial charge on any atom is -0.340 e. The van der Waals surface area contributed by atoms with Gasteiger partial charge in [-0.2, -0.15) is 0 Å². The third kappa shape index (κ3) is 6.22. The summed E-state index contributed by atoms with van der Waals surface area (Å²) in [6.45, 7) is 9.52. The molecule has 2 amide bonds. The first-order valence-electron chi connectivity index (χ1n) is 12.8. The minimum absolute atomic E-state index is 0.0549. The fraction of sp³-hybridized carbons (Fsp3) is 0.355. The molecule has 4 rings (SSSR count). The number of hydrogen-bond acceptors (Lipinski definition) is 2. The van der Waals surface area contributed by atoms with Crippen molar-refractivity contribution in [3.8, 4) is 11.1 Å². The Labute approximate surface area is 223 Å². The average molecular weight is 521 g/mol. The molecule has 1 heterocycles. The van der Waals surface area contributed by atoms with Gasteiger partial charge in [0.05, 0.1) is 0 Å². The number of amides is 2. The van der Waals surface area contributed by atoms with Crippen LogP contribution in [0.15, 0.2) is 72.8 Å². The molecule has 1 aliphatic rings. The molecule has 6 heteroatoms. The summed E-state index contributed by atoms with van der Waals surface area (Å²) in [7, 11) is 0. The van der Waals surface area contributed by atoms with E-state index in [0.717, 1.165) is 17.5 Å². The normalized spacial score (nSPS) is 17.9. The standard InChI is InChI=1S/C31H34ClFN2O2/c1-20(2)28(34-29(36)24-7-5-6-23(18-24)21-10-14-26(33)15-11-21)30(37)35-17-16-27(31(3,4)19-35)22-8-12-25(32)13-9-22/h5-15,18,20,27-28H,16-17,19H2,1-4H3,(H,34,36)/t27-,28-/m1/s1. The van der Waals surface area contributed by atoms with Crippen molar-refractivity contribution in [2.24, 2.45) is 11.3 Å². The smallest absolute Gasteiger partial charge is 0.251 e. The van der Waals surface area contributed by atoms with Crippen molar-refractivity contribution in [2.45, 2.75) is 46.1 Å². The molecular formula is C31H34ClFN2O2. The molecule has 4 nitrogen and oxygen atoms in total. The highest BCUT2D eigenvalue weighted by Gasteiger charge is 2.40. The highest BCUT2D eigenvalue weighted by atomic mass is 35.5. The van der Waals surface area contributed by atoms with Gasteiger partial charge in [-0.1, -0.05) is 75.7 Å². The van der Waals surface area contributed by atoms with Crippen molar-refractivity contribution in [1.82, 2.24) is 10.2 Å². The van der Waals surface area contributed by atoms with Crippen LogP contribution in [0.2, 0.25) is 5.02 Å². The molecule has 0 aliphatic carbocycles. The van der Waals surface area contributed by atoms with Crippen LogP contribution in [-0.4, -0.2) is 35.8 Å². The van der Waals surface area contributed by atoms with Gasteiger partial charge in [-0.3, -0.25) is 9.59 Å². The number of nitrogens with one attached hydrogen (secondary N) is 1. The lowest BCUT2D eigenvalue weighted by atomic mass is 9.70. The Morgan fingerprint density at radius 1 is 1.00 bits per heavy atom. The third-order valence-electron chi connectivity index (χ3n) is 7.34. The van der Waals surface area contributed by atoms with Crippen LogP contribution in [0.3, 0.4) is 0 Å². The van der Waals surface area contributed by atoms with E-state index in [4.69, 9.17) is 11.6 Å². The molecule has 1 aliphatic heterocycles. The lowest BCUT2D eigenvalue weighted by Crippen LogP contribution is -2.55. The van der Waals surface area contributed by atoms with Gasteiger partial charge in [0.25, 0.3) is 5.91 Å². The Morgan fingerprint density at radius 2 is 1.68 bits per heavy atom. The molecule has 3 aromatic rings. The maximum absolute atomic E-state index is 13.7. The van der Waals surface area contributed by atoms with Crippen LogP contribution < -0.4 is 5.32 Å². The molecule has 2 atom stereocenters. The number of piperidine rings is 1. The number of carbonyl (C=O) groups excluding carboxylic acids is 2. The van der Waals surface area contributed by atoms with Crippen LogP contribution in [0.5, 0.6) is 0 Å². The highest BCUT2D eigenvalue weighted by molar-refractivity contribution is 6.30. The van der Waals surface area contributed by atoms with Gasteiger partial charge in [0.1, 0.15) is 11.9 Å². The fourth-order valence-corrected chi connectivity index (χ4v) is 5.40. The summed E-state index contributed by atoms with van der Waals surface area (Å²) in [4.78, 5) is 28.8. The molecule has 0 spiro atoms. The van der Waals surface area contributed by atoms with Crippen LogP contribution in [0, 0.1) is 17.2 Å². The molecule has 37 heavy (non-hydrogen) atoms. The maximum Gasteiger partial charge on any atom is 0.251 e. The van der Waals surface area contributed by atoms with Gasteiger partial charge >= 0.3 is 0 Å². The Morgan fingerprint density at radius 3 is 2.30 bits per heavy atom. The van der Waals surface area contributed by atoms with E-state index in [9.17, 15) is 14.0 Å². The molecule has 194 valence electrons. The maximum atomic E-state index is 13.7. The van der Waals surface area contributed by atoms with Crippen LogP contribution in [0.4, 0.5) is 4.39 Å². The summed E-state index contributed by atoms with van der Waals surface area (Å²) < 4.78 is 13.3. The molecule has 1 saturated heterocycles. The summed E-state index contributed by atoms with van der Waals surface area (Å²) in [6.07, 6.45) is 0.846. The van der Waals surface area contributed by atoms with Crippen molar-refractivity contribution in [3.63, 3.8) is 0 Å². The second-order valence-electron chi connectivity index (χ2n) is 10.9. The molecule has 3 aromatic carbocycles. The predicted octanol–water partition coefficient (Wildman–Crippen LogP) is 6.94. The van der Waals surface area contributed by atoms with E-state index in [2.05, 4.69) is 31.3 Å². The van der Waals surface area contributed by atoms with Gasteiger partial charge in [-0.25, -0.2) is 4.39 Å². The number of halogens is 2. The molecular weight excluding hydrogens is 487 g/mol. The SMILES string of the molecule is CC(C)[C@@H](NC(=O)c1cccc(-c2ccc(F)cc2)c1)C(=O)N1CC[C@H](c2ccc(Cl)cc2)C(C)(C)C1. The van der Waals surface area contributed by atoms with Crippen molar-refractivity contribution in [3.05, 3.63) is 94.8 Å². The monoisotopic (exact) mass is 520 g/mol. The van der Waals surface area contributed by atoms with Crippen LogP contribution >= 0.6 is 11.6 Å². The molecule has 0 bridgehead atoms. The highest BCUT2D eigenvalue weighted by Crippen LogP contribution is 2.42. The second kappa shape index (κ2) is 11.1. The Hall–Kier alpha value is -3.18. The second-order valence-corrected chi connectivity index (χ2v) is 11.4. The summed E-state index contributed by atoms with van der Waals surface area (Å²) >= 11 is 6.08. The molecule has 0 saturated carbocycles. The van der Waals surface area contributed by atoms with Gasteiger partial charge in [0, 0.05) is 23.7 Å². The fourth-order valence-electron chi connectivity index (χ4n) is 5.28. The van der Waals surface area contributed by atoms with E-state index in [1.165, 1.54) is 17.7 Å². The number of nitrogens with zero attached hydrogens (tertiary/aromatic N) is 1. The lowest BCUT2D eigenvalue weighted by molar-refractivity contribution is -0.137. The number of benzene rings is 3. The van der Waals surface area contributed by atoms with Crippen LogP contribution in [0.1, 0.15) is 56.0 Å². The van der Waals surface area contributed by atoms with Gasteiger partial charge in [0.15, 0.2) is 0 Å².